The molecule has 9 heteroatoms. The third kappa shape index (κ3) is 4.69. The van der Waals surface area contributed by atoms with Crippen LogP contribution in [0.25, 0.3) is 0 Å². The number of hydrogen-bond donors (Lipinski definition) is 1. The molecule has 1 heterocycles. The van der Waals surface area contributed by atoms with Gasteiger partial charge in [-0.25, -0.2) is 4.79 Å². The Kier molecular flexibility index (Phi) is 6.73. The second kappa shape index (κ2) is 8.92. The molecular weight excluding hydrogens is 389 g/mol. The Balaban J connectivity index is 1.84. The summed E-state index contributed by atoms with van der Waals surface area (Å²) in [6.45, 7) is 2.18. The molecule has 0 spiro atoms. The predicted octanol–water partition coefficient (Wildman–Crippen LogP) is 2.80. The van der Waals surface area contributed by atoms with E-state index in [1.807, 2.05) is 5.32 Å². The molecule has 4 atom stereocenters. The van der Waals surface area contributed by atoms with E-state index in [-0.39, 0.29) is 24.4 Å². The highest BCUT2D eigenvalue weighted by Crippen LogP contribution is 2.43. The second-order valence-corrected chi connectivity index (χ2v) is 8.39. The molecule has 3 aliphatic rings. The Bertz CT molecular complexity index is 634. The standard InChI is InChI=1S/C20H29F3N2O4/c1-2-29-18(27)16-14-10-6-9-13(14)11-25(16)17(26)15(12-7-4-3-5-8-12)24-19(28)20(21,22)23/h12-16H,2-11H2,1H3,(H,24,28)/t13-,14-,15-,16-/m0/s1. The van der Waals surface area contributed by atoms with Crippen LogP contribution in [0.2, 0.25) is 0 Å². The Morgan fingerprint density at radius 1 is 1.07 bits per heavy atom. The molecule has 1 aliphatic heterocycles. The van der Waals surface area contributed by atoms with Crippen LogP contribution in [-0.2, 0) is 19.1 Å². The monoisotopic (exact) mass is 418 g/mol. The fourth-order valence-corrected chi connectivity index (χ4v) is 5.31. The highest BCUT2D eigenvalue weighted by Gasteiger charge is 2.52. The van der Waals surface area contributed by atoms with Gasteiger partial charge in [0.2, 0.25) is 5.91 Å². The SMILES string of the molecule is CCOC(=O)[C@@H]1[C@H]2CCC[C@H]2CN1C(=O)[C@@H](NC(=O)C(F)(F)F)C1CCCCC1. The fraction of sp³-hybridized carbons (Fsp3) is 0.850. The summed E-state index contributed by atoms with van der Waals surface area (Å²) in [6, 6.07) is -2.04. The van der Waals surface area contributed by atoms with Gasteiger partial charge in [-0.2, -0.15) is 13.2 Å². The number of rotatable bonds is 5. The number of likely N-dealkylation sites (tertiary alicyclic amines) is 1. The molecule has 29 heavy (non-hydrogen) atoms. The smallest absolute Gasteiger partial charge is 0.464 e. The molecule has 3 rings (SSSR count). The highest BCUT2D eigenvalue weighted by molar-refractivity contribution is 5.93. The minimum Gasteiger partial charge on any atom is -0.464 e. The molecule has 6 nitrogen and oxygen atoms in total. The molecule has 1 N–H and O–H groups in total. The summed E-state index contributed by atoms with van der Waals surface area (Å²) in [4.78, 5) is 39.0. The molecule has 2 saturated carbocycles. The molecule has 0 unspecified atom stereocenters. The summed E-state index contributed by atoms with van der Waals surface area (Å²) in [7, 11) is 0. The van der Waals surface area contributed by atoms with Crippen molar-refractivity contribution >= 4 is 17.8 Å². The number of hydrogen-bond acceptors (Lipinski definition) is 4. The third-order valence-corrected chi connectivity index (χ3v) is 6.63. The maximum absolute atomic E-state index is 13.4. The first kappa shape index (κ1) is 21.9. The summed E-state index contributed by atoms with van der Waals surface area (Å²) < 4.78 is 43.9. The number of halogens is 3. The Hall–Kier alpha value is -1.80. The number of esters is 1. The van der Waals surface area contributed by atoms with Crippen molar-refractivity contribution in [3.8, 4) is 0 Å². The van der Waals surface area contributed by atoms with E-state index in [1.54, 1.807) is 6.92 Å². The first-order valence-corrected chi connectivity index (χ1v) is 10.6. The van der Waals surface area contributed by atoms with Crippen LogP contribution in [-0.4, -0.2) is 54.1 Å². The summed E-state index contributed by atoms with van der Waals surface area (Å²) in [5.41, 5.74) is 0. The molecule has 2 aliphatic carbocycles. The van der Waals surface area contributed by atoms with Gasteiger partial charge in [-0.15, -0.1) is 0 Å². The van der Waals surface area contributed by atoms with Gasteiger partial charge >= 0.3 is 18.1 Å². The normalized spacial score (nSPS) is 28.7. The predicted molar refractivity (Wildman–Crippen MR) is 97.5 cm³/mol. The van der Waals surface area contributed by atoms with Crippen LogP contribution >= 0.6 is 0 Å². The first-order valence-electron chi connectivity index (χ1n) is 10.6. The van der Waals surface area contributed by atoms with Gasteiger partial charge < -0.3 is 15.0 Å². The maximum Gasteiger partial charge on any atom is 0.471 e. The average Bonchev–Trinajstić information content (AvgIpc) is 3.26. The van der Waals surface area contributed by atoms with E-state index in [1.165, 1.54) is 4.90 Å². The molecule has 2 amide bonds. The lowest BCUT2D eigenvalue weighted by atomic mass is 9.83. The zero-order valence-corrected chi connectivity index (χ0v) is 16.7. The fourth-order valence-electron chi connectivity index (χ4n) is 5.31. The minimum atomic E-state index is -5.06. The molecule has 0 bridgehead atoms. The Morgan fingerprint density at radius 2 is 1.76 bits per heavy atom. The van der Waals surface area contributed by atoms with E-state index >= 15 is 0 Å². The van der Waals surface area contributed by atoms with Crippen LogP contribution in [0.15, 0.2) is 0 Å². The minimum absolute atomic E-state index is 0.0247. The van der Waals surface area contributed by atoms with E-state index < -0.39 is 36.0 Å². The van der Waals surface area contributed by atoms with Crippen molar-refractivity contribution in [2.24, 2.45) is 17.8 Å². The largest absolute Gasteiger partial charge is 0.471 e. The van der Waals surface area contributed by atoms with Crippen molar-refractivity contribution in [1.82, 2.24) is 10.2 Å². The van der Waals surface area contributed by atoms with Crippen molar-refractivity contribution in [1.29, 1.82) is 0 Å². The van der Waals surface area contributed by atoms with Gasteiger partial charge in [0.15, 0.2) is 0 Å². The van der Waals surface area contributed by atoms with E-state index in [0.717, 1.165) is 38.5 Å². The van der Waals surface area contributed by atoms with Gasteiger partial charge in [-0.05, 0) is 50.4 Å². The number of nitrogens with one attached hydrogen (secondary N) is 1. The Labute approximate surface area is 168 Å². The lowest BCUT2D eigenvalue weighted by Crippen LogP contribution is -2.57. The van der Waals surface area contributed by atoms with Gasteiger partial charge in [-0.1, -0.05) is 25.7 Å². The van der Waals surface area contributed by atoms with Gasteiger partial charge in [0.25, 0.3) is 0 Å². The van der Waals surface area contributed by atoms with Crippen molar-refractivity contribution in [3.05, 3.63) is 0 Å². The summed E-state index contributed by atoms with van der Waals surface area (Å²) >= 11 is 0. The summed E-state index contributed by atoms with van der Waals surface area (Å²) in [6.07, 6.45) is 1.32. The molecule has 0 aromatic carbocycles. The zero-order chi connectivity index (χ0) is 21.2. The number of ether oxygens (including phenoxy) is 1. The molecular formula is C20H29F3N2O4. The molecule has 0 radical (unpaired) electrons. The summed E-state index contributed by atoms with van der Waals surface area (Å²) in [5.74, 6) is -3.41. The summed E-state index contributed by atoms with van der Waals surface area (Å²) in [5, 5.41) is 1.95. The quantitative estimate of drug-likeness (QED) is 0.697. The van der Waals surface area contributed by atoms with Crippen molar-refractivity contribution in [3.63, 3.8) is 0 Å². The lowest BCUT2D eigenvalue weighted by molar-refractivity contribution is -0.176. The molecule has 1 saturated heterocycles. The molecule has 0 aromatic rings. The third-order valence-electron chi connectivity index (χ3n) is 6.63. The van der Waals surface area contributed by atoms with Crippen molar-refractivity contribution < 1.29 is 32.3 Å². The van der Waals surface area contributed by atoms with Crippen LogP contribution in [0, 0.1) is 17.8 Å². The average molecular weight is 418 g/mol. The number of carbonyl (C=O) groups excluding carboxylic acids is 3. The van der Waals surface area contributed by atoms with Crippen LogP contribution in [0.3, 0.4) is 0 Å². The molecule has 0 aromatic heterocycles. The van der Waals surface area contributed by atoms with Crippen LogP contribution in [0.1, 0.15) is 58.3 Å². The second-order valence-electron chi connectivity index (χ2n) is 8.39. The van der Waals surface area contributed by atoms with Crippen molar-refractivity contribution in [2.45, 2.75) is 76.6 Å². The van der Waals surface area contributed by atoms with Crippen LogP contribution < -0.4 is 5.32 Å². The molecule has 3 fully saturated rings. The van der Waals surface area contributed by atoms with Gasteiger partial charge in [0, 0.05) is 6.54 Å². The van der Waals surface area contributed by atoms with E-state index in [0.29, 0.717) is 19.4 Å². The Morgan fingerprint density at radius 3 is 2.38 bits per heavy atom. The maximum atomic E-state index is 13.4. The first-order chi connectivity index (χ1) is 13.7. The number of amides is 2. The number of alkyl halides is 3. The zero-order valence-electron chi connectivity index (χ0n) is 16.7. The van der Waals surface area contributed by atoms with E-state index in [2.05, 4.69) is 0 Å². The van der Waals surface area contributed by atoms with Gasteiger partial charge in [0.1, 0.15) is 12.1 Å². The number of carbonyl (C=O) groups is 3. The van der Waals surface area contributed by atoms with E-state index in [9.17, 15) is 27.6 Å². The lowest BCUT2D eigenvalue weighted by Gasteiger charge is -2.35. The van der Waals surface area contributed by atoms with E-state index in [4.69, 9.17) is 4.74 Å². The highest BCUT2D eigenvalue weighted by atomic mass is 19.4. The topological polar surface area (TPSA) is 75.7 Å². The van der Waals surface area contributed by atoms with Gasteiger partial charge in [-0.3, -0.25) is 9.59 Å². The molecule has 164 valence electrons. The van der Waals surface area contributed by atoms with Crippen molar-refractivity contribution in [2.75, 3.05) is 13.2 Å². The number of nitrogens with zero attached hydrogens (tertiary/aromatic N) is 1. The number of fused-ring (bicyclic) bond motifs is 1. The van der Waals surface area contributed by atoms with Crippen LogP contribution in [0.4, 0.5) is 13.2 Å². The van der Waals surface area contributed by atoms with Gasteiger partial charge in [0.05, 0.1) is 6.61 Å². The van der Waals surface area contributed by atoms with Crippen LogP contribution in [0.5, 0.6) is 0 Å².